The van der Waals surface area contributed by atoms with Crippen LogP contribution in [0.1, 0.15) is 0 Å². The minimum absolute atomic E-state index is 0. The third-order valence-corrected chi connectivity index (χ3v) is 0. The van der Waals surface area contributed by atoms with Crippen LogP contribution in [0.5, 0.6) is 0 Å². The number of hydrogen-bond donors (Lipinski definition) is 1. The van der Waals surface area contributed by atoms with E-state index >= 15 is 0 Å². The van der Waals surface area contributed by atoms with Crippen molar-refractivity contribution in [2.75, 3.05) is 0 Å². The van der Waals surface area contributed by atoms with E-state index in [-0.39, 0.29) is 31.1 Å². The van der Waals surface area contributed by atoms with Gasteiger partial charge in [0.2, 0.25) is 0 Å². The first-order valence-corrected chi connectivity index (χ1v) is 2.33. The molecule has 0 aliphatic carbocycles. The van der Waals surface area contributed by atoms with Gasteiger partial charge in [0.15, 0.2) is 0 Å². The first kappa shape index (κ1) is 9.50. The molecule has 3 nitrogen and oxygen atoms in total. The second kappa shape index (κ2) is 5.20. The summed E-state index contributed by atoms with van der Waals surface area (Å²) in [5.74, 6) is 0. The Morgan fingerprint density at radius 2 is 1.40 bits per heavy atom. The second-order valence-electron chi connectivity index (χ2n) is 0.238. The Hall–Kier alpha value is 1.20. The van der Waals surface area contributed by atoms with Crippen LogP contribution in [-0.2, 0) is 22.7 Å². The first-order chi connectivity index (χ1) is 1.73. The summed E-state index contributed by atoms with van der Waals surface area (Å²) in [5, 5.41) is 0. The largest absolute Gasteiger partial charge is 0 e. The molecule has 0 aliphatic heterocycles. The Morgan fingerprint density at radius 3 is 1.40 bits per heavy atom. The van der Waals surface area contributed by atoms with E-state index in [1.165, 1.54) is 0 Å². The van der Waals surface area contributed by atoms with Gasteiger partial charge in [-0.25, -0.2) is 0 Å². The van der Waals surface area contributed by atoms with E-state index in [0.717, 1.165) is 0 Å². The Kier molecular flexibility index (Phi) is 9.87. The zero-order valence-corrected chi connectivity index (χ0v) is 7.77. The predicted molar refractivity (Wildman–Crippen MR) is 3.59 cm³/mol. The van der Waals surface area contributed by atoms with Crippen molar-refractivity contribution >= 4 is 0 Å². The van der Waals surface area contributed by atoms with Crippen LogP contribution < -0.4 is 0 Å². The summed E-state index contributed by atoms with van der Waals surface area (Å²) in [6.07, 6.45) is 0. The fraction of sp³-hybridized carbons (Fsp3) is 0. The summed E-state index contributed by atoms with van der Waals surface area (Å²) < 4.78 is 24.4. The maximum atomic E-state index is 8.67. The summed E-state index contributed by atoms with van der Waals surface area (Å²) in [6.45, 7) is 0. The van der Waals surface area contributed by atoms with Crippen LogP contribution >= 0.6 is 0 Å². The van der Waals surface area contributed by atoms with Crippen LogP contribution in [-0.4, -0.2) is 4.03 Å². The quantitative estimate of drug-likeness (QED) is 0.630. The summed E-state index contributed by atoms with van der Waals surface area (Å²) in [4.78, 5) is 0. The molecule has 0 aliphatic rings. The average molecular weight is 338 g/mol. The first-order valence-electron chi connectivity index (χ1n) is 0.565. The molecule has 0 radical (unpaired) electrons. The third kappa shape index (κ3) is 37.1. The van der Waals surface area contributed by atoms with Crippen molar-refractivity contribution < 1.29 is 57.9 Å². The number of hydrogen-bond acceptors (Lipinski definition) is 2. The molecular formula is HO3UV. The zero-order valence-electron chi connectivity index (χ0n) is 2.21. The molecule has 0 saturated carbocycles. The third-order valence-electron chi connectivity index (χ3n) is 0. The maximum absolute atomic E-state index is 8.67. The van der Waals surface area contributed by atoms with Crippen molar-refractivity contribution in [1.82, 2.24) is 0 Å². The van der Waals surface area contributed by atoms with Crippen molar-refractivity contribution in [1.29, 1.82) is 0 Å². The van der Waals surface area contributed by atoms with Gasteiger partial charge >= 0.3 is 26.8 Å². The average Bonchev–Trinajstić information content (AvgIpc) is 0.811. The summed E-state index contributed by atoms with van der Waals surface area (Å²) in [7, 11) is 0. The summed E-state index contributed by atoms with van der Waals surface area (Å²) >= 11 is -3.69. The molecule has 0 heterocycles. The molecule has 1 N–H and O–H groups in total. The molecule has 5 heavy (non-hydrogen) atoms. The maximum Gasteiger partial charge on any atom is 0 e. The van der Waals surface area contributed by atoms with E-state index in [2.05, 4.69) is 0 Å². The van der Waals surface area contributed by atoms with Crippen molar-refractivity contribution in [2.45, 2.75) is 0 Å². The van der Waals surface area contributed by atoms with Crippen molar-refractivity contribution in [3.05, 3.63) is 0 Å². The van der Waals surface area contributed by atoms with E-state index < -0.39 is 15.4 Å². The van der Waals surface area contributed by atoms with E-state index in [1.807, 2.05) is 0 Å². The summed E-state index contributed by atoms with van der Waals surface area (Å²) in [6, 6.07) is 0. The minimum Gasteiger partial charge on any atom is 0 e. The van der Waals surface area contributed by atoms with Gasteiger partial charge in [-0.15, -0.1) is 0 Å². The molecule has 0 saturated heterocycles. The van der Waals surface area contributed by atoms with Gasteiger partial charge in [-0.05, 0) is 0 Å². The van der Waals surface area contributed by atoms with Crippen LogP contribution in [0.3, 0.4) is 0 Å². The van der Waals surface area contributed by atoms with Gasteiger partial charge in [0.1, 0.15) is 0 Å². The van der Waals surface area contributed by atoms with Gasteiger partial charge in [-0.1, -0.05) is 0 Å². The zero-order chi connectivity index (χ0) is 3.58. The SMILES string of the molecule is [O]=[V](=[O])[OH].[U]. The molecule has 0 rings (SSSR count). The second-order valence-corrected chi connectivity index (χ2v) is 0.981. The topological polar surface area (TPSA) is 54.4 Å². The Morgan fingerprint density at radius 1 is 1.40 bits per heavy atom. The van der Waals surface area contributed by atoms with E-state index in [9.17, 15) is 0 Å². The molecule has 28 valence electrons. The predicted octanol–water partition coefficient (Wildman–Crippen LogP) is -0.797. The van der Waals surface area contributed by atoms with Crippen LogP contribution in [0, 0.1) is 31.1 Å². The molecule has 0 aromatic rings. The minimum atomic E-state index is -3.69. The van der Waals surface area contributed by atoms with Crippen LogP contribution in [0.25, 0.3) is 0 Å². The van der Waals surface area contributed by atoms with Gasteiger partial charge in [0.05, 0.1) is 0 Å². The Labute approximate surface area is 57.5 Å². The molecule has 0 bridgehead atoms. The number of rotatable bonds is 0. The molecule has 0 fully saturated rings. The molecule has 0 atom stereocenters. The van der Waals surface area contributed by atoms with E-state index in [0.29, 0.717) is 0 Å². The van der Waals surface area contributed by atoms with Crippen molar-refractivity contribution in [3.63, 3.8) is 0 Å². The molecule has 0 aromatic heterocycles. The van der Waals surface area contributed by atoms with Gasteiger partial charge in [-0.3, -0.25) is 0 Å². The Bertz CT molecular complexity index is 55.3. The smallest absolute Gasteiger partial charge is 0 e. The molecule has 5 heteroatoms. The molecular weight excluding hydrogens is 337 g/mol. The van der Waals surface area contributed by atoms with Gasteiger partial charge in [0.25, 0.3) is 0 Å². The molecule has 0 unspecified atom stereocenters. The van der Waals surface area contributed by atoms with E-state index in [4.69, 9.17) is 11.4 Å². The van der Waals surface area contributed by atoms with Crippen LogP contribution in [0.4, 0.5) is 0 Å². The van der Waals surface area contributed by atoms with Crippen LogP contribution in [0.2, 0.25) is 0 Å². The standard InChI is InChI=1S/H2O.2O.U.V/h1H2;;;;/q;;;;+1/p-1. The Balaban J connectivity index is 0. The van der Waals surface area contributed by atoms with Gasteiger partial charge in [0, 0.05) is 31.1 Å². The normalized spacial score (nSPS) is 5.00. The van der Waals surface area contributed by atoms with Gasteiger partial charge < -0.3 is 0 Å². The monoisotopic (exact) mass is 338 g/mol. The molecule has 0 aromatic carbocycles. The van der Waals surface area contributed by atoms with E-state index in [1.54, 1.807) is 0 Å². The van der Waals surface area contributed by atoms with Gasteiger partial charge in [-0.2, -0.15) is 0 Å². The fourth-order valence-corrected chi connectivity index (χ4v) is 0. The summed E-state index contributed by atoms with van der Waals surface area (Å²) in [5.41, 5.74) is 0. The molecule has 0 amide bonds. The van der Waals surface area contributed by atoms with Crippen molar-refractivity contribution in [2.24, 2.45) is 0 Å². The fourth-order valence-electron chi connectivity index (χ4n) is 0. The molecule has 0 spiro atoms. The van der Waals surface area contributed by atoms with Crippen LogP contribution in [0.15, 0.2) is 0 Å². The van der Waals surface area contributed by atoms with Crippen molar-refractivity contribution in [3.8, 4) is 0 Å².